The van der Waals surface area contributed by atoms with E-state index in [1.807, 2.05) is 6.07 Å². The molecule has 0 aliphatic heterocycles. The Morgan fingerprint density at radius 1 is 1.20 bits per heavy atom. The summed E-state index contributed by atoms with van der Waals surface area (Å²) in [5, 5.41) is 0.398. The van der Waals surface area contributed by atoms with Gasteiger partial charge in [0.15, 0.2) is 0 Å². The molecule has 2 aromatic rings. The molecular weight excluding hydrogens is 339 g/mol. The fourth-order valence-electron chi connectivity index (χ4n) is 1.64. The summed E-state index contributed by atoms with van der Waals surface area (Å²) in [5.41, 5.74) is 5.80. The van der Waals surface area contributed by atoms with E-state index >= 15 is 0 Å². The molecule has 0 aliphatic carbocycles. The third-order valence-corrected chi connectivity index (χ3v) is 5.61. The van der Waals surface area contributed by atoms with Crippen molar-refractivity contribution in [1.29, 1.82) is 0 Å². The molecule has 0 unspecified atom stereocenters. The van der Waals surface area contributed by atoms with Crippen molar-refractivity contribution in [1.82, 2.24) is 4.72 Å². The summed E-state index contributed by atoms with van der Waals surface area (Å²) in [6, 6.07) is 7.95. The Labute approximate surface area is 131 Å². The van der Waals surface area contributed by atoms with E-state index in [9.17, 15) is 8.42 Å². The van der Waals surface area contributed by atoms with Crippen molar-refractivity contribution in [3.63, 3.8) is 0 Å². The summed E-state index contributed by atoms with van der Waals surface area (Å²) in [5.74, 6) is 0. The number of nitrogen functional groups attached to an aromatic ring is 1. The van der Waals surface area contributed by atoms with Crippen molar-refractivity contribution < 1.29 is 8.42 Å². The maximum atomic E-state index is 12.1. The Morgan fingerprint density at radius 2 is 1.95 bits per heavy atom. The molecule has 108 valence electrons. The summed E-state index contributed by atoms with van der Waals surface area (Å²) in [6.45, 7) is 0.279. The van der Waals surface area contributed by atoms with Crippen LogP contribution in [0.25, 0.3) is 0 Å². The number of rotatable bonds is 5. The molecule has 8 heteroatoms. The molecule has 1 aromatic carbocycles. The molecule has 3 N–H and O–H groups in total. The normalized spacial score (nSPS) is 11.7. The zero-order chi connectivity index (χ0) is 14.8. The minimum Gasteiger partial charge on any atom is -0.398 e. The number of nitrogens with one attached hydrogen (secondary N) is 1. The van der Waals surface area contributed by atoms with Crippen molar-refractivity contribution >= 4 is 50.2 Å². The van der Waals surface area contributed by atoms with E-state index in [-0.39, 0.29) is 17.1 Å². The average Bonchev–Trinajstić information content (AvgIpc) is 2.74. The van der Waals surface area contributed by atoms with Gasteiger partial charge in [-0.3, -0.25) is 0 Å². The predicted octanol–water partition coefficient (Wildman–Crippen LogP) is 3.16. The highest BCUT2D eigenvalue weighted by molar-refractivity contribution is 7.89. The lowest BCUT2D eigenvalue weighted by atomic mass is 10.3. The summed E-state index contributed by atoms with van der Waals surface area (Å²) in [6.07, 6.45) is 0.574. The first kappa shape index (κ1) is 15.6. The smallest absolute Gasteiger partial charge is 0.242 e. The fourth-order valence-corrected chi connectivity index (χ4v) is 4.05. The second kappa shape index (κ2) is 6.32. The van der Waals surface area contributed by atoms with E-state index in [2.05, 4.69) is 4.72 Å². The lowest BCUT2D eigenvalue weighted by Gasteiger charge is -2.08. The first-order valence-electron chi connectivity index (χ1n) is 5.67. The molecule has 2 rings (SSSR count). The number of sulfonamides is 1. The molecule has 0 radical (unpaired) electrons. The van der Waals surface area contributed by atoms with Gasteiger partial charge in [0.05, 0.1) is 10.0 Å². The maximum absolute atomic E-state index is 12.1. The second-order valence-corrected chi connectivity index (χ2v) is 8.01. The highest BCUT2D eigenvalue weighted by atomic mass is 35.5. The Bertz CT molecular complexity index is 714. The molecule has 4 nitrogen and oxygen atoms in total. The molecule has 0 aliphatic rings. The molecule has 20 heavy (non-hydrogen) atoms. The van der Waals surface area contributed by atoms with Crippen molar-refractivity contribution in [3.8, 4) is 0 Å². The van der Waals surface area contributed by atoms with Crippen LogP contribution in [0.1, 0.15) is 4.88 Å². The Kier molecular flexibility index (Phi) is 4.93. The van der Waals surface area contributed by atoms with Crippen LogP contribution in [-0.4, -0.2) is 15.0 Å². The van der Waals surface area contributed by atoms with Crippen LogP contribution >= 0.6 is 34.5 Å². The van der Waals surface area contributed by atoms with Gasteiger partial charge in [-0.1, -0.05) is 23.2 Å². The van der Waals surface area contributed by atoms with Crippen LogP contribution in [0, 0.1) is 0 Å². The topological polar surface area (TPSA) is 72.2 Å². The van der Waals surface area contributed by atoms with Gasteiger partial charge in [-0.05, 0) is 36.8 Å². The summed E-state index contributed by atoms with van der Waals surface area (Å²) >= 11 is 13.0. The number of anilines is 1. The van der Waals surface area contributed by atoms with Crippen LogP contribution in [0.2, 0.25) is 9.36 Å². The first-order valence-corrected chi connectivity index (χ1v) is 8.73. The van der Waals surface area contributed by atoms with Crippen molar-refractivity contribution in [2.45, 2.75) is 11.3 Å². The SMILES string of the molecule is Nc1cc(Cl)ccc1S(=O)(=O)NCCc1ccc(Cl)s1. The lowest BCUT2D eigenvalue weighted by molar-refractivity contribution is 0.582. The summed E-state index contributed by atoms with van der Waals surface area (Å²) in [7, 11) is -3.63. The van der Waals surface area contributed by atoms with Gasteiger partial charge in [0.2, 0.25) is 10.0 Å². The molecular formula is C12H12Cl2N2O2S2. The third-order valence-electron chi connectivity index (χ3n) is 2.55. The Hall–Kier alpha value is -0.790. The molecule has 0 spiro atoms. The monoisotopic (exact) mass is 350 g/mol. The quantitative estimate of drug-likeness (QED) is 0.813. The number of benzene rings is 1. The number of hydrogen-bond acceptors (Lipinski definition) is 4. The lowest BCUT2D eigenvalue weighted by Crippen LogP contribution is -2.26. The Balaban J connectivity index is 2.04. The van der Waals surface area contributed by atoms with Crippen LogP contribution in [0.5, 0.6) is 0 Å². The van der Waals surface area contributed by atoms with Gasteiger partial charge in [-0.25, -0.2) is 13.1 Å². The molecule has 0 fully saturated rings. The Morgan fingerprint density at radius 3 is 2.55 bits per heavy atom. The van der Waals surface area contributed by atoms with Crippen LogP contribution in [0.3, 0.4) is 0 Å². The highest BCUT2D eigenvalue weighted by Crippen LogP contribution is 2.23. The average molecular weight is 351 g/mol. The number of thiophene rings is 1. The van der Waals surface area contributed by atoms with Gasteiger partial charge in [0.25, 0.3) is 0 Å². The standard InChI is InChI=1S/C12H12Cl2N2O2S2/c13-8-1-3-11(10(15)7-8)20(17,18)16-6-5-9-2-4-12(14)19-9/h1-4,7,16H,5-6,15H2. The highest BCUT2D eigenvalue weighted by Gasteiger charge is 2.17. The zero-order valence-electron chi connectivity index (χ0n) is 10.3. The van der Waals surface area contributed by atoms with Crippen LogP contribution in [0.15, 0.2) is 35.2 Å². The van der Waals surface area contributed by atoms with E-state index in [0.29, 0.717) is 15.8 Å². The van der Waals surface area contributed by atoms with Gasteiger partial charge < -0.3 is 5.73 Å². The van der Waals surface area contributed by atoms with Gasteiger partial charge in [-0.2, -0.15) is 0 Å². The number of hydrogen-bond donors (Lipinski definition) is 2. The predicted molar refractivity (Wildman–Crippen MR) is 84.1 cm³/mol. The van der Waals surface area contributed by atoms with E-state index in [1.54, 1.807) is 6.07 Å². The molecule has 0 saturated heterocycles. The van der Waals surface area contributed by atoms with Crippen LogP contribution in [0.4, 0.5) is 5.69 Å². The van der Waals surface area contributed by atoms with Crippen molar-refractivity contribution in [3.05, 3.63) is 44.6 Å². The van der Waals surface area contributed by atoms with E-state index < -0.39 is 10.0 Å². The van der Waals surface area contributed by atoms with Crippen molar-refractivity contribution in [2.75, 3.05) is 12.3 Å². The molecule has 0 atom stereocenters. The third kappa shape index (κ3) is 3.86. The number of halogens is 2. The van der Waals surface area contributed by atoms with Crippen LogP contribution < -0.4 is 10.5 Å². The first-order chi connectivity index (χ1) is 9.38. The molecule has 1 aromatic heterocycles. The largest absolute Gasteiger partial charge is 0.398 e. The fraction of sp³-hybridized carbons (Fsp3) is 0.167. The summed E-state index contributed by atoms with van der Waals surface area (Å²) < 4.78 is 27.4. The molecule has 0 amide bonds. The molecule has 0 saturated carbocycles. The maximum Gasteiger partial charge on any atom is 0.242 e. The van der Waals surface area contributed by atoms with E-state index in [1.165, 1.54) is 29.5 Å². The van der Waals surface area contributed by atoms with E-state index in [0.717, 1.165) is 4.88 Å². The van der Waals surface area contributed by atoms with Crippen molar-refractivity contribution in [2.24, 2.45) is 0 Å². The molecule has 1 heterocycles. The zero-order valence-corrected chi connectivity index (χ0v) is 13.4. The molecule has 0 bridgehead atoms. The van der Waals surface area contributed by atoms with Gasteiger partial charge in [-0.15, -0.1) is 11.3 Å². The van der Waals surface area contributed by atoms with E-state index in [4.69, 9.17) is 28.9 Å². The number of nitrogens with two attached hydrogens (primary N) is 1. The van der Waals surface area contributed by atoms with Gasteiger partial charge in [0, 0.05) is 16.4 Å². The second-order valence-electron chi connectivity index (χ2n) is 4.04. The minimum atomic E-state index is -3.63. The van der Waals surface area contributed by atoms with Gasteiger partial charge in [0.1, 0.15) is 4.90 Å². The van der Waals surface area contributed by atoms with Gasteiger partial charge >= 0.3 is 0 Å². The minimum absolute atomic E-state index is 0.0334. The van der Waals surface area contributed by atoms with Crippen LogP contribution in [-0.2, 0) is 16.4 Å². The summed E-state index contributed by atoms with van der Waals surface area (Å²) in [4.78, 5) is 1.05.